The molecule has 0 unspecified atom stereocenters. The average Bonchev–Trinajstić information content (AvgIpc) is 2.61. The third-order valence-electron chi connectivity index (χ3n) is 3.98. The first-order chi connectivity index (χ1) is 10.8. The van der Waals surface area contributed by atoms with E-state index in [4.69, 9.17) is 0 Å². The quantitative estimate of drug-likeness (QED) is 0.943. The first kappa shape index (κ1) is 14.7. The van der Waals surface area contributed by atoms with Gasteiger partial charge in [-0.3, -0.25) is 14.7 Å². The summed E-state index contributed by atoms with van der Waals surface area (Å²) < 4.78 is 0. The summed E-state index contributed by atoms with van der Waals surface area (Å²) in [5.41, 5.74) is 2.33. The van der Waals surface area contributed by atoms with Crippen LogP contribution >= 0.6 is 0 Å². The smallest absolute Gasteiger partial charge is 0.253 e. The number of aromatic nitrogens is 1. The van der Waals surface area contributed by atoms with Gasteiger partial charge in [0, 0.05) is 11.8 Å². The van der Waals surface area contributed by atoms with Crippen molar-refractivity contribution in [2.24, 2.45) is 0 Å². The van der Waals surface area contributed by atoms with Crippen LogP contribution in [0.2, 0.25) is 0 Å². The molecular weight excluding hydrogens is 274 g/mol. The first-order valence-electron chi connectivity index (χ1n) is 7.77. The van der Waals surface area contributed by atoms with E-state index in [1.807, 2.05) is 30.3 Å². The Labute approximate surface area is 131 Å². The largest absolute Gasteiger partial charge is 0.339 e. The van der Waals surface area contributed by atoms with Crippen LogP contribution in [0.1, 0.15) is 29.6 Å². The molecule has 0 atom stereocenters. The van der Waals surface area contributed by atoms with Crippen LogP contribution in [-0.2, 0) is 0 Å². The van der Waals surface area contributed by atoms with Crippen LogP contribution in [0.4, 0.5) is 0 Å². The number of nitrogens with one attached hydrogen (secondary N) is 1. The van der Waals surface area contributed by atoms with Crippen LogP contribution in [0.25, 0.3) is 11.1 Å². The summed E-state index contributed by atoms with van der Waals surface area (Å²) in [5.74, 6) is -0.0666. The molecule has 1 amide bonds. The molecule has 0 saturated carbocycles. The van der Waals surface area contributed by atoms with Crippen LogP contribution in [0.3, 0.4) is 0 Å². The minimum Gasteiger partial charge on any atom is -0.339 e. The van der Waals surface area contributed by atoms with Crippen LogP contribution in [0.15, 0.2) is 42.6 Å². The number of hydrogen-bond donors (Lipinski definition) is 1. The second-order valence-corrected chi connectivity index (χ2v) is 5.55. The van der Waals surface area contributed by atoms with E-state index in [-0.39, 0.29) is 5.91 Å². The lowest BCUT2D eigenvalue weighted by molar-refractivity contribution is 0.0915. The number of nitrogens with zero attached hydrogens (tertiary/aromatic N) is 2. The lowest BCUT2D eigenvalue weighted by atomic mass is 10.0. The Bertz CT molecular complexity index is 621. The Hall–Kier alpha value is -2.20. The molecule has 4 heteroatoms. The third kappa shape index (κ3) is 3.52. The van der Waals surface area contributed by atoms with Crippen molar-refractivity contribution in [1.29, 1.82) is 0 Å². The van der Waals surface area contributed by atoms with Crippen molar-refractivity contribution in [3.05, 3.63) is 54.4 Å². The number of carbonyl (C=O) groups is 1. The fourth-order valence-corrected chi connectivity index (χ4v) is 2.77. The lowest BCUT2D eigenvalue weighted by Crippen LogP contribution is -2.40. The molecule has 1 N–H and O–H groups in total. The fraction of sp³-hybridized carbons (Fsp3) is 0.333. The van der Waals surface area contributed by atoms with E-state index >= 15 is 0 Å². The van der Waals surface area contributed by atoms with Crippen molar-refractivity contribution in [3.63, 3.8) is 0 Å². The summed E-state index contributed by atoms with van der Waals surface area (Å²) in [4.78, 5) is 18.8. The van der Waals surface area contributed by atoms with E-state index in [0.29, 0.717) is 12.2 Å². The number of benzene rings is 1. The maximum Gasteiger partial charge on any atom is 0.253 e. The Morgan fingerprint density at radius 1 is 1.14 bits per heavy atom. The molecule has 2 aromatic rings. The van der Waals surface area contributed by atoms with Crippen molar-refractivity contribution < 1.29 is 4.79 Å². The summed E-state index contributed by atoms with van der Waals surface area (Å²) in [6.45, 7) is 2.73. The monoisotopic (exact) mass is 294 g/mol. The zero-order chi connectivity index (χ0) is 15.2. The van der Waals surface area contributed by atoms with E-state index in [9.17, 15) is 4.79 Å². The molecule has 1 fully saturated rings. The van der Waals surface area contributed by atoms with Gasteiger partial charge in [-0.1, -0.05) is 36.8 Å². The first-order valence-corrected chi connectivity index (χ1v) is 7.77. The lowest BCUT2D eigenvalue weighted by Gasteiger charge is -2.26. The Balaban J connectivity index is 1.72. The van der Waals surface area contributed by atoms with Crippen LogP contribution in [-0.4, -0.2) is 35.5 Å². The number of piperidine rings is 1. The second kappa shape index (κ2) is 7.18. The zero-order valence-electron chi connectivity index (χ0n) is 12.6. The molecule has 0 spiro atoms. The summed E-state index contributed by atoms with van der Waals surface area (Å²) in [6, 6.07) is 11.5. The molecule has 0 aliphatic carbocycles. The van der Waals surface area contributed by atoms with Gasteiger partial charge in [0.25, 0.3) is 5.91 Å². The summed E-state index contributed by atoms with van der Waals surface area (Å²) in [5, 5.41) is 3.02. The van der Waals surface area contributed by atoms with E-state index in [0.717, 1.165) is 24.2 Å². The van der Waals surface area contributed by atoms with Gasteiger partial charge in [0.1, 0.15) is 0 Å². The van der Waals surface area contributed by atoms with Crippen molar-refractivity contribution in [3.8, 4) is 11.1 Å². The zero-order valence-corrected chi connectivity index (χ0v) is 12.6. The molecule has 1 aliphatic rings. The molecule has 2 heterocycles. The molecule has 22 heavy (non-hydrogen) atoms. The van der Waals surface area contributed by atoms with E-state index in [1.165, 1.54) is 19.3 Å². The molecule has 1 aromatic carbocycles. The molecular formula is C18H20N3O. The van der Waals surface area contributed by atoms with Gasteiger partial charge < -0.3 is 5.32 Å². The molecule has 0 bridgehead atoms. The predicted octanol–water partition coefficient (Wildman–Crippen LogP) is 2.72. The number of carbonyl (C=O) groups excluding carboxylic acids is 1. The van der Waals surface area contributed by atoms with Gasteiger partial charge in [-0.2, -0.15) is 0 Å². The van der Waals surface area contributed by atoms with E-state index in [1.54, 1.807) is 12.3 Å². The van der Waals surface area contributed by atoms with Gasteiger partial charge in [-0.15, -0.1) is 0 Å². The Kier molecular flexibility index (Phi) is 4.81. The summed E-state index contributed by atoms with van der Waals surface area (Å²) in [6.07, 6.45) is 8.29. The number of rotatable bonds is 4. The molecule has 1 radical (unpaired) electrons. The van der Waals surface area contributed by atoms with Gasteiger partial charge in [0.05, 0.1) is 18.4 Å². The second-order valence-electron chi connectivity index (χ2n) is 5.55. The molecule has 1 aromatic heterocycles. The highest BCUT2D eigenvalue weighted by atomic mass is 16.1. The number of likely N-dealkylation sites (tertiary alicyclic amines) is 1. The predicted molar refractivity (Wildman–Crippen MR) is 86.3 cm³/mol. The van der Waals surface area contributed by atoms with Crippen molar-refractivity contribution in [2.45, 2.75) is 19.3 Å². The Morgan fingerprint density at radius 2 is 1.91 bits per heavy atom. The number of amides is 1. The van der Waals surface area contributed by atoms with Gasteiger partial charge in [0.2, 0.25) is 0 Å². The van der Waals surface area contributed by atoms with Gasteiger partial charge in [-0.25, -0.2) is 0 Å². The van der Waals surface area contributed by atoms with Crippen LogP contribution in [0, 0.1) is 6.20 Å². The molecule has 1 saturated heterocycles. The normalized spacial score (nSPS) is 15.5. The van der Waals surface area contributed by atoms with E-state index < -0.39 is 0 Å². The van der Waals surface area contributed by atoms with Crippen LogP contribution in [0.5, 0.6) is 0 Å². The maximum atomic E-state index is 12.5. The highest BCUT2D eigenvalue weighted by Gasteiger charge is 2.15. The molecule has 1 aliphatic heterocycles. The highest BCUT2D eigenvalue weighted by molar-refractivity contribution is 6.00. The van der Waals surface area contributed by atoms with Gasteiger partial charge in [-0.05, 0) is 37.6 Å². The van der Waals surface area contributed by atoms with Crippen molar-refractivity contribution in [2.75, 3.05) is 19.8 Å². The van der Waals surface area contributed by atoms with E-state index in [2.05, 4.69) is 21.4 Å². The van der Waals surface area contributed by atoms with Crippen molar-refractivity contribution >= 4 is 5.91 Å². The summed E-state index contributed by atoms with van der Waals surface area (Å²) in [7, 11) is 0. The standard InChI is InChI=1S/C18H20N3O/c22-18(20-14-21-11-5-2-6-12-21)16-9-10-19-13-17(16)15-7-3-1-4-8-15/h1,3-4,7-10H,2,5-6,11-12,14H2,(H,20,22). The number of pyridine rings is 1. The third-order valence-corrected chi connectivity index (χ3v) is 3.98. The van der Waals surface area contributed by atoms with Gasteiger partial charge in [0.15, 0.2) is 0 Å². The minimum absolute atomic E-state index is 0.0666. The van der Waals surface area contributed by atoms with Gasteiger partial charge >= 0.3 is 0 Å². The number of hydrogen-bond acceptors (Lipinski definition) is 3. The topological polar surface area (TPSA) is 45.2 Å². The highest BCUT2D eigenvalue weighted by Crippen LogP contribution is 2.21. The van der Waals surface area contributed by atoms with Crippen molar-refractivity contribution in [1.82, 2.24) is 15.2 Å². The molecule has 113 valence electrons. The average molecular weight is 294 g/mol. The summed E-state index contributed by atoms with van der Waals surface area (Å²) >= 11 is 0. The maximum absolute atomic E-state index is 12.5. The SMILES string of the molecule is O=C(NCN1CCCCC1)c1ccn[c]c1-c1ccccc1. The Morgan fingerprint density at radius 3 is 2.68 bits per heavy atom. The molecule has 4 nitrogen and oxygen atoms in total. The van der Waals surface area contributed by atoms with Crippen LogP contribution < -0.4 is 5.32 Å². The minimum atomic E-state index is -0.0666. The fourth-order valence-electron chi connectivity index (χ4n) is 2.77. The molecule has 3 rings (SSSR count).